The van der Waals surface area contributed by atoms with Gasteiger partial charge < -0.3 is 19.5 Å². The molecule has 0 fully saturated rings. The van der Waals surface area contributed by atoms with Crippen molar-refractivity contribution < 1.29 is 23.8 Å². The van der Waals surface area contributed by atoms with E-state index in [2.05, 4.69) is 10.3 Å². The molecule has 9 nitrogen and oxygen atoms in total. The average molecular weight is 500 g/mol. The number of carbonyl (C=O) groups is 2. The number of rotatable bonds is 11. The van der Waals surface area contributed by atoms with Crippen LogP contribution in [0.3, 0.4) is 0 Å². The first-order valence-electron chi connectivity index (χ1n) is 11.1. The molecule has 0 radical (unpaired) electrons. The number of esters is 1. The van der Waals surface area contributed by atoms with E-state index in [1.807, 2.05) is 26.0 Å². The predicted octanol–water partition coefficient (Wildman–Crippen LogP) is 3.14. The molecule has 0 spiro atoms. The zero-order valence-electron chi connectivity index (χ0n) is 20.2. The number of nitrogens with zero attached hydrogens (tertiary/aromatic N) is 2. The fraction of sp³-hybridized carbons (Fsp3) is 0.360. The minimum Gasteiger partial charge on any atom is -0.493 e. The van der Waals surface area contributed by atoms with E-state index in [9.17, 15) is 14.4 Å². The Bertz CT molecular complexity index is 1260. The number of hydrogen-bond donors (Lipinski definition) is 1. The van der Waals surface area contributed by atoms with Gasteiger partial charge in [0.1, 0.15) is 6.61 Å². The van der Waals surface area contributed by atoms with Crippen LogP contribution < -0.4 is 20.3 Å². The van der Waals surface area contributed by atoms with Gasteiger partial charge in [0.2, 0.25) is 5.91 Å². The second-order valence-electron chi connectivity index (χ2n) is 8.07. The molecule has 0 aliphatic rings. The minimum atomic E-state index is -0.510. The van der Waals surface area contributed by atoms with E-state index in [-0.39, 0.29) is 29.7 Å². The molecule has 0 aliphatic carbocycles. The second kappa shape index (κ2) is 12.3. The number of hydrogen-bond acceptors (Lipinski definition) is 8. The molecular formula is C25H29N3O6S. The lowest BCUT2D eigenvalue weighted by Gasteiger charge is -2.15. The van der Waals surface area contributed by atoms with E-state index in [1.54, 1.807) is 35.9 Å². The first-order valence-corrected chi connectivity index (χ1v) is 12.1. The molecule has 0 saturated heterocycles. The molecule has 0 bridgehead atoms. The van der Waals surface area contributed by atoms with Crippen LogP contribution in [-0.2, 0) is 16.1 Å². The van der Waals surface area contributed by atoms with Crippen LogP contribution in [0, 0.1) is 5.92 Å². The second-order valence-corrected chi connectivity index (χ2v) is 9.01. The van der Waals surface area contributed by atoms with Crippen LogP contribution in [0.5, 0.6) is 11.5 Å². The summed E-state index contributed by atoms with van der Waals surface area (Å²) in [6.07, 6.45) is 0. The molecule has 1 amide bonds. The molecule has 1 heterocycles. The number of para-hydroxylation sites is 2. The highest BCUT2D eigenvalue weighted by Gasteiger charge is 2.16. The average Bonchev–Trinajstić information content (AvgIpc) is 2.86. The van der Waals surface area contributed by atoms with Crippen LogP contribution in [0.2, 0.25) is 0 Å². The Morgan fingerprint density at radius 2 is 1.86 bits per heavy atom. The maximum absolute atomic E-state index is 13.1. The summed E-state index contributed by atoms with van der Waals surface area (Å²) in [5.41, 5.74) is 0.469. The van der Waals surface area contributed by atoms with Gasteiger partial charge in [0, 0.05) is 6.54 Å². The molecule has 0 unspecified atom stereocenters. The van der Waals surface area contributed by atoms with Crippen molar-refractivity contribution in [2.75, 3.05) is 33.1 Å². The van der Waals surface area contributed by atoms with Crippen LogP contribution in [0.15, 0.2) is 52.4 Å². The summed E-state index contributed by atoms with van der Waals surface area (Å²) < 4.78 is 17.2. The number of thioether (sulfide) groups is 1. The van der Waals surface area contributed by atoms with Crippen molar-refractivity contribution >= 4 is 34.5 Å². The topological polar surface area (TPSA) is 109 Å². The van der Waals surface area contributed by atoms with E-state index in [0.29, 0.717) is 46.2 Å². The molecule has 3 aromatic rings. The highest BCUT2D eigenvalue weighted by atomic mass is 32.2. The van der Waals surface area contributed by atoms with Gasteiger partial charge in [0.25, 0.3) is 5.56 Å². The SMILES string of the molecule is COC(=O)c1ccc2c(=O)n(CC(C)C)c(SCC(=O)NCCOc3ccccc3OC)nc2c1. The number of nitrogens with one attached hydrogen (secondary N) is 1. The molecule has 1 aromatic heterocycles. The van der Waals surface area contributed by atoms with Gasteiger partial charge in [0.15, 0.2) is 16.7 Å². The summed E-state index contributed by atoms with van der Waals surface area (Å²) in [7, 11) is 2.86. The summed E-state index contributed by atoms with van der Waals surface area (Å²) in [6.45, 7) is 5.04. The van der Waals surface area contributed by atoms with Gasteiger partial charge in [0.05, 0.1) is 43.0 Å². The number of ether oxygens (including phenoxy) is 3. The lowest BCUT2D eigenvalue weighted by atomic mass is 10.1. The third-order valence-corrected chi connectivity index (χ3v) is 5.95. The van der Waals surface area contributed by atoms with Crippen LogP contribution in [0.4, 0.5) is 0 Å². The molecule has 35 heavy (non-hydrogen) atoms. The molecule has 2 aromatic carbocycles. The van der Waals surface area contributed by atoms with E-state index in [4.69, 9.17) is 14.2 Å². The lowest BCUT2D eigenvalue weighted by molar-refractivity contribution is -0.118. The van der Waals surface area contributed by atoms with Gasteiger partial charge in [-0.05, 0) is 36.2 Å². The Morgan fingerprint density at radius 1 is 1.11 bits per heavy atom. The van der Waals surface area contributed by atoms with Crippen molar-refractivity contribution in [2.24, 2.45) is 5.92 Å². The smallest absolute Gasteiger partial charge is 0.337 e. The Labute approximate surface area is 207 Å². The molecule has 0 atom stereocenters. The summed E-state index contributed by atoms with van der Waals surface area (Å²) >= 11 is 1.17. The predicted molar refractivity (Wildman–Crippen MR) is 134 cm³/mol. The van der Waals surface area contributed by atoms with Gasteiger partial charge in [-0.3, -0.25) is 14.2 Å². The fourth-order valence-corrected chi connectivity index (χ4v) is 4.19. The molecule has 0 saturated carbocycles. The quantitative estimate of drug-likeness (QED) is 0.186. The monoisotopic (exact) mass is 499 g/mol. The van der Waals surface area contributed by atoms with Crippen molar-refractivity contribution in [2.45, 2.75) is 25.5 Å². The Balaban J connectivity index is 1.68. The summed E-state index contributed by atoms with van der Waals surface area (Å²) in [6, 6.07) is 11.9. The Kier molecular flexibility index (Phi) is 9.13. The zero-order chi connectivity index (χ0) is 25.4. The Morgan fingerprint density at radius 3 is 2.54 bits per heavy atom. The molecule has 3 rings (SSSR count). The van der Waals surface area contributed by atoms with Gasteiger partial charge >= 0.3 is 5.97 Å². The first-order chi connectivity index (χ1) is 16.8. The fourth-order valence-electron chi connectivity index (χ4n) is 3.35. The molecular weight excluding hydrogens is 470 g/mol. The number of carbonyl (C=O) groups excluding carboxylic acids is 2. The summed E-state index contributed by atoms with van der Waals surface area (Å²) in [5, 5.41) is 3.62. The lowest BCUT2D eigenvalue weighted by Crippen LogP contribution is -2.30. The number of amides is 1. The molecule has 186 valence electrons. The zero-order valence-corrected chi connectivity index (χ0v) is 21.0. The standard InChI is InChI=1S/C25H29N3O6S/c1-16(2)14-28-23(30)18-10-9-17(24(31)33-4)13-19(18)27-25(28)35-15-22(29)26-11-12-34-21-8-6-5-7-20(21)32-3/h5-10,13,16H,11-12,14-15H2,1-4H3,(H,26,29). The van der Waals surface area contributed by atoms with Gasteiger partial charge in [-0.15, -0.1) is 0 Å². The van der Waals surface area contributed by atoms with Crippen molar-refractivity contribution in [3.8, 4) is 11.5 Å². The van der Waals surface area contributed by atoms with E-state index >= 15 is 0 Å². The van der Waals surface area contributed by atoms with E-state index in [1.165, 1.54) is 24.9 Å². The number of benzene rings is 2. The van der Waals surface area contributed by atoms with Gasteiger partial charge in [-0.2, -0.15) is 0 Å². The van der Waals surface area contributed by atoms with Crippen molar-refractivity contribution in [3.05, 3.63) is 58.4 Å². The third-order valence-electron chi connectivity index (χ3n) is 4.97. The maximum Gasteiger partial charge on any atom is 0.337 e. The van der Waals surface area contributed by atoms with Crippen molar-refractivity contribution in [1.29, 1.82) is 0 Å². The maximum atomic E-state index is 13.1. The van der Waals surface area contributed by atoms with Crippen LogP contribution in [0.25, 0.3) is 10.9 Å². The normalized spacial score (nSPS) is 10.9. The number of methoxy groups -OCH3 is 2. The molecule has 0 aliphatic heterocycles. The third kappa shape index (κ3) is 6.75. The van der Waals surface area contributed by atoms with Gasteiger partial charge in [-0.1, -0.05) is 37.7 Å². The van der Waals surface area contributed by atoms with E-state index in [0.717, 1.165) is 0 Å². The first kappa shape index (κ1) is 26.1. The van der Waals surface area contributed by atoms with Crippen LogP contribution in [-0.4, -0.2) is 54.6 Å². The molecule has 10 heteroatoms. The van der Waals surface area contributed by atoms with Gasteiger partial charge in [-0.25, -0.2) is 9.78 Å². The largest absolute Gasteiger partial charge is 0.493 e. The van der Waals surface area contributed by atoms with Crippen molar-refractivity contribution in [1.82, 2.24) is 14.9 Å². The summed E-state index contributed by atoms with van der Waals surface area (Å²) in [5.74, 6) is 0.762. The minimum absolute atomic E-state index is 0.0708. The highest BCUT2D eigenvalue weighted by molar-refractivity contribution is 7.99. The van der Waals surface area contributed by atoms with Crippen LogP contribution >= 0.6 is 11.8 Å². The number of fused-ring (bicyclic) bond motifs is 1. The Hall–Kier alpha value is -3.53. The molecule has 1 N–H and O–H groups in total. The number of aromatic nitrogens is 2. The highest BCUT2D eigenvalue weighted by Crippen LogP contribution is 2.25. The summed E-state index contributed by atoms with van der Waals surface area (Å²) in [4.78, 5) is 42.1. The van der Waals surface area contributed by atoms with E-state index < -0.39 is 5.97 Å². The van der Waals surface area contributed by atoms with Crippen molar-refractivity contribution in [3.63, 3.8) is 0 Å². The van der Waals surface area contributed by atoms with Crippen LogP contribution in [0.1, 0.15) is 24.2 Å².